The van der Waals surface area contributed by atoms with Crippen molar-refractivity contribution >= 4 is 5.57 Å². The molecule has 0 radical (unpaired) electrons. The van der Waals surface area contributed by atoms with Crippen LogP contribution in [-0.2, 0) is 4.74 Å². The highest BCUT2D eigenvalue weighted by Gasteiger charge is 2.17. The Hall–Kier alpha value is -1.42. The molecule has 0 bridgehead atoms. The third kappa shape index (κ3) is 2.22. The zero-order chi connectivity index (χ0) is 11.5. The second-order valence-electron chi connectivity index (χ2n) is 3.75. The summed E-state index contributed by atoms with van der Waals surface area (Å²) < 4.78 is 31.3. The van der Waals surface area contributed by atoms with Gasteiger partial charge in [-0.15, -0.1) is 0 Å². The number of hydrogen-bond donors (Lipinski definition) is 1. The summed E-state index contributed by atoms with van der Waals surface area (Å²) in [7, 11) is 0. The first-order chi connectivity index (χ1) is 7.70. The van der Waals surface area contributed by atoms with Crippen LogP contribution < -0.4 is 0 Å². The Labute approximate surface area is 92.2 Å². The van der Waals surface area contributed by atoms with Crippen molar-refractivity contribution in [3.8, 4) is 0 Å². The molecule has 1 unspecified atom stereocenters. The van der Waals surface area contributed by atoms with Gasteiger partial charge in [0.25, 0.3) is 0 Å². The molecule has 86 valence electrons. The molecule has 0 spiro atoms. The smallest absolute Gasteiger partial charge is 0.133 e. The van der Waals surface area contributed by atoms with Crippen molar-refractivity contribution in [2.45, 2.75) is 18.9 Å². The van der Waals surface area contributed by atoms with Crippen LogP contribution in [0.15, 0.2) is 24.5 Å². The first-order valence-corrected chi connectivity index (χ1v) is 5.11. The van der Waals surface area contributed by atoms with Gasteiger partial charge in [0.2, 0.25) is 0 Å². The molecule has 0 amide bonds. The number of aliphatic hydroxyl groups excluding tert-OH is 1. The fourth-order valence-corrected chi connectivity index (χ4v) is 1.70. The summed E-state index contributed by atoms with van der Waals surface area (Å²) in [4.78, 5) is 0. The molecule has 0 fully saturated rings. The number of benzene rings is 1. The molecule has 4 heteroatoms. The Bertz CT molecular complexity index is 415. The average molecular weight is 226 g/mol. The molecule has 0 aromatic heterocycles. The predicted octanol–water partition coefficient (Wildman–Crippen LogP) is 2.48. The molecular formula is C12H12F2O2. The molecule has 2 nitrogen and oxygen atoms in total. The molecule has 0 aliphatic carbocycles. The Kier molecular flexibility index (Phi) is 3.19. The van der Waals surface area contributed by atoms with Crippen LogP contribution in [0.3, 0.4) is 0 Å². The second kappa shape index (κ2) is 4.61. The Balaban J connectivity index is 2.22. The minimum Gasteiger partial charge on any atom is -0.495 e. The summed E-state index contributed by atoms with van der Waals surface area (Å²) in [6.07, 6.45) is 2.49. The topological polar surface area (TPSA) is 29.5 Å². The second-order valence-corrected chi connectivity index (χ2v) is 3.75. The van der Waals surface area contributed by atoms with Crippen molar-refractivity contribution in [2.24, 2.45) is 0 Å². The Morgan fingerprint density at radius 3 is 2.75 bits per heavy atom. The number of allylic oxidation sites excluding steroid dienone is 1. The van der Waals surface area contributed by atoms with Crippen LogP contribution in [0.25, 0.3) is 5.57 Å². The molecule has 1 N–H and O–H groups in total. The minimum atomic E-state index is -0.591. The zero-order valence-electron chi connectivity index (χ0n) is 8.62. The van der Waals surface area contributed by atoms with Crippen LogP contribution in [0.4, 0.5) is 8.78 Å². The highest BCUT2D eigenvalue weighted by Crippen LogP contribution is 2.28. The van der Waals surface area contributed by atoms with Crippen molar-refractivity contribution in [1.82, 2.24) is 0 Å². The van der Waals surface area contributed by atoms with Gasteiger partial charge in [-0.1, -0.05) is 0 Å². The van der Waals surface area contributed by atoms with Gasteiger partial charge in [-0.2, -0.15) is 0 Å². The zero-order valence-corrected chi connectivity index (χ0v) is 8.62. The molecule has 1 atom stereocenters. The van der Waals surface area contributed by atoms with Crippen LogP contribution >= 0.6 is 0 Å². The molecule has 0 saturated carbocycles. The van der Waals surface area contributed by atoms with E-state index in [1.54, 1.807) is 0 Å². The molecular weight excluding hydrogens is 214 g/mol. The van der Waals surface area contributed by atoms with Crippen LogP contribution in [0.1, 0.15) is 18.4 Å². The largest absolute Gasteiger partial charge is 0.495 e. The van der Waals surface area contributed by atoms with E-state index in [0.717, 1.165) is 6.07 Å². The molecule has 1 heterocycles. The lowest BCUT2D eigenvalue weighted by Crippen LogP contribution is -2.18. The fourth-order valence-electron chi connectivity index (χ4n) is 1.70. The lowest BCUT2D eigenvalue weighted by molar-refractivity contribution is 0.0657. The van der Waals surface area contributed by atoms with E-state index >= 15 is 0 Å². The summed E-state index contributed by atoms with van der Waals surface area (Å²) in [5, 5.41) is 8.86. The molecule has 1 aromatic rings. The fraction of sp³-hybridized carbons (Fsp3) is 0.333. The van der Waals surface area contributed by atoms with Crippen molar-refractivity contribution in [3.63, 3.8) is 0 Å². The molecule has 1 aliphatic heterocycles. The molecule has 1 aliphatic rings. The van der Waals surface area contributed by atoms with Crippen LogP contribution in [0, 0.1) is 11.6 Å². The van der Waals surface area contributed by atoms with Gasteiger partial charge in [0, 0.05) is 11.6 Å². The van der Waals surface area contributed by atoms with Crippen LogP contribution in [0.2, 0.25) is 0 Å². The Morgan fingerprint density at radius 1 is 1.38 bits per heavy atom. The number of halogens is 2. The third-order valence-electron chi connectivity index (χ3n) is 2.62. The highest BCUT2D eigenvalue weighted by molar-refractivity contribution is 5.65. The van der Waals surface area contributed by atoms with E-state index in [9.17, 15) is 8.78 Å². The lowest BCUT2D eigenvalue weighted by Gasteiger charge is -2.21. The number of hydrogen-bond acceptors (Lipinski definition) is 2. The van der Waals surface area contributed by atoms with Crippen LogP contribution in [0.5, 0.6) is 0 Å². The van der Waals surface area contributed by atoms with Gasteiger partial charge in [-0.25, -0.2) is 8.78 Å². The van der Waals surface area contributed by atoms with E-state index in [1.807, 2.05) is 0 Å². The Morgan fingerprint density at radius 2 is 2.19 bits per heavy atom. The summed E-state index contributed by atoms with van der Waals surface area (Å²) in [6, 6.07) is 3.48. The van der Waals surface area contributed by atoms with Crippen molar-refractivity contribution < 1.29 is 18.6 Å². The molecule has 1 aromatic carbocycles. The lowest BCUT2D eigenvalue weighted by atomic mass is 9.98. The maximum absolute atomic E-state index is 13.4. The van der Waals surface area contributed by atoms with Gasteiger partial charge >= 0.3 is 0 Å². The van der Waals surface area contributed by atoms with Gasteiger partial charge in [0.1, 0.15) is 17.7 Å². The van der Waals surface area contributed by atoms with E-state index < -0.39 is 11.6 Å². The van der Waals surface area contributed by atoms with Gasteiger partial charge in [-0.05, 0) is 30.5 Å². The van der Waals surface area contributed by atoms with Crippen molar-refractivity contribution in [2.75, 3.05) is 6.61 Å². The van der Waals surface area contributed by atoms with E-state index in [-0.39, 0.29) is 12.7 Å². The maximum atomic E-state index is 13.4. The predicted molar refractivity (Wildman–Crippen MR) is 55.5 cm³/mol. The van der Waals surface area contributed by atoms with E-state index in [4.69, 9.17) is 9.84 Å². The normalized spacial score (nSPS) is 20.2. The van der Waals surface area contributed by atoms with Crippen molar-refractivity contribution in [3.05, 3.63) is 41.7 Å². The minimum absolute atomic E-state index is 0.0460. The maximum Gasteiger partial charge on any atom is 0.133 e. The number of aliphatic hydroxyl groups is 1. The number of rotatable bonds is 2. The summed E-state index contributed by atoms with van der Waals surface area (Å²) in [6.45, 7) is -0.0460. The molecule has 16 heavy (non-hydrogen) atoms. The average Bonchev–Trinajstić information content (AvgIpc) is 2.29. The SMILES string of the molecule is OCC1CCC(c2ccc(F)cc2F)=CO1. The van der Waals surface area contributed by atoms with Gasteiger partial charge in [-0.3, -0.25) is 0 Å². The summed E-state index contributed by atoms with van der Waals surface area (Å²) in [5.41, 5.74) is 1.06. The van der Waals surface area contributed by atoms with Crippen LogP contribution in [-0.4, -0.2) is 17.8 Å². The van der Waals surface area contributed by atoms with E-state index in [2.05, 4.69) is 0 Å². The monoisotopic (exact) mass is 226 g/mol. The molecule has 2 rings (SSSR count). The first-order valence-electron chi connectivity index (χ1n) is 5.11. The standard InChI is InChI=1S/C12H12F2O2/c13-9-2-4-11(12(14)5-9)8-1-3-10(6-15)16-7-8/h2,4-5,7,10,15H,1,3,6H2. The summed E-state index contributed by atoms with van der Waals surface area (Å²) in [5.74, 6) is -1.18. The highest BCUT2D eigenvalue weighted by atomic mass is 19.1. The van der Waals surface area contributed by atoms with E-state index in [0.29, 0.717) is 24.0 Å². The van der Waals surface area contributed by atoms with Gasteiger partial charge in [0.15, 0.2) is 0 Å². The first kappa shape index (κ1) is 11.1. The van der Waals surface area contributed by atoms with Gasteiger partial charge < -0.3 is 9.84 Å². The van der Waals surface area contributed by atoms with E-state index in [1.165, 1.54) is 18.4 Å². The summed E-state index contributed by atoms with van der Waals surface area (Å²) >= 11 is 0. The van der Waals surface area contributed by atoms with Gasteiger partial charge in [0.05, 0.1) is 12.9 Å². The third-order valence-corrected chi connectivity index (χ3v) is 2.62. The molecule has 0 saturated heterocycles. The quantitative estimate of drug-likeness (QED) is 0.839. The number of ether oxygens (including phenoxy) is 1. The van der Waals surface area contributed by atoms with Crippen molar-refractivity contribution in [1.29, 1.82) is 0 Å².